The number of hydrogen-bond acceptors (Lipinski definition) is 3. The van der Waals surface area contributed by atoms with Gasteiger partial charge in [0.15, 0.2) is 23.6 Å². The fourth-order valence-corrected chi connectivity index (χ4v) is 0.909. The zero-order valence-corrected chi connectivity index (χ0v) is 8.34. The maximum Gasteiger partial charge on any atom is 0.253 e. The highest BCUT2D eigenvalue weighted by Gasteiger charge is 2.13. The summed E-state index contributed by atoms with van der Waals surface area (Å²) in [6, 6.07) is 0.692. The summed E-state index contributed by atoms with van der Waals surface area (Å²) in [6.07, 6.45) is 4.43. The standard InChI is InChI=1S/C10H10F2N2O/c1-4-6(2)15-10-8(12)5-7(11)9(13-3)14-10/h1,5-6H,2-3H3,(H,13,14). The van der Waals surface area contributed by atoms with Gasteiger partial charge in [-0.25, -0.2) is 8.78 Å². The molecule has 0 bridgehead atoms. The number of halogens is 2. The first kappa shape index (κ1) is 11.2. The quantitative estimate of drug-likeness (QED) is 0.776. The third kappa shape index (κ3) is 2.56. The van der Waals surface area contributed by atoms with Crippen LogP contribution in [-0.2, 0) is 0 Å². The second-order valence-electron chi connectivity index (χ2n) is 2.78. The van der Waals surface area contributed by atoms with Crippen LogP contribution < -0.4 is 10.1 Å². The topological polar surface area (TPSA) is 34.1 Å². The molecule has 0 spiro atoms. The Hall–Kier alpha value is -1.83. The minimum Gasteiger partial charge on any atom is -0.459 e. The molecule has 1 atom stereocenters. The molecule has 0 saturated heterocycles. The van der Waals surface area contributed by atoms with Gasteiger partial charge in [0, 0.05) is 13.1 Å². The summed E-state index contributed by atoms with van der Waals surface area (Å²) in [5.74, 6) is 0.186. The molecule has 1 unspecified atom stereocenters. The van der Waals surface area contributed by atoms with Crippen LogP contribution in [0.15, 0.2) is 6.07 Å². The number of pyridine rings is 1. The summed E-state index contributed by atoms with van der Waals surface area (Å²) < 4.78 is 31.1. The monoisotopic (exact) mass is 212 g/mol. The van der Waals surface area contributed by atoms with Gasteiger partial charge in [0.1, 0.15) is 0 Å². The van der Waals surface area contributed by atoms with E-state index in [1.54, 1.807) is 6.92 Å². The highest BCUT2D eigenvalue weighted by molar-refractivity contribution is 5.39. The number of aromatic nitrogens is 1. The molecule has 1 N–H and O–H groups in total. The molecule has 1 heterocycles. The fourth-order valence-electron chi connectivity index (χ4n) is 0.909. The number of nitrogens with one attached hydrogen (secondary N) is 1. The predicted molar refractivity (Wildman–Crippen MR) is 52.6 cm³/mol. The lowest BCUT2D eigenvalue weighted by molar-refractivity contribution is 0.253. The van der Waals surface area contributed by atoms with Crippen LogP contribution in [0.4, 0.5) is 14.6 Å². The Morgan fingerprint density at radius 3 is 2.73 bits per heavy atom. The van der Waals surface area contributed by atoms with Crippen LogP contribution in [0.3, 0.4) is 0 Å². The summed E-state index contributed by atoms with van der Waals surface area (Å²) in [5.41, 5.74) is 0. The number of ether oxygens (including phenoxy) is 1. The average Bonchev–Trinajstić information content (AvgIpc) is 2.21. The van der Waals surface area contributed by atoms with Crippen molar-refractivity contribution in [2.24, 2.45) is 0 Å². The van der Waals surface area contributed by atoms with E-state index in [2.05, 4.69) is 16.2 Å². The fraction of sp³-hybridized carbons (Fsp3) is 0.300. The molecule has 80 valence electrons. The maximum absolute atomic E-state index is 13.1. The van der Waals surface area contributed by atoms with Crippen molar-refractivity contribution in [3.63, 3.8) is 0 Å². The zero-order chi connectivity index (χ0) is 11.4. The lowest BCUT2D eigenvalue weighted by Gasteiger charge is -2.10. The number of hydrogen-bond donors (Lipinski definition) is 1. The Balaban J connectivity index is 3.03. The first-order valence-electron chi connectivity index (χ1n) is 4.25. The van der Waals surface area contributed by atoms with Gasteiger partial charge in [-0.05, 0) is 6.92 Å². The van der Waals surface area contributed by atoms with Crippen LogP contribution >= 0.6 is 0 Å². The third-order valence-corrected chi connectivity index (χ3v) is 1.66. The van der Waals surface area contributed by atoms with Crippen molar-refractivity contribution < 1.29 is 13.5 Å². The molecule has 0 amide bonds. The Bertz CT molecular complexity index is 401. The molecular weight excluding hydrogens is 202 g/mol. The van der Waals surface area contributed by atoms with Crippen molar-refractivity contribution in [3.8, 4) is 18.2 Å². The van der Waals surface area contributed by atoms with Gasteiger partial charge in [0.05, 0.1) is 0 Å². The molecule has 0 aliphatic rings. The SMILES string of the molecule is C#CC(C)Oc1nc(NC)c(F)cc1F. The van der Waals surface area contributed by atoms with Crippen LogP contribution in [0, 0.1) is 24.0 Å². The molecular formula is C10H10F2N2O. The lowest BCUT2D eigenvalue weighted by atomic mass is 10.4. The number of rotatable bonds is 3. The number of anilines is 1. The first-order chi connectivity index (χ1) is 7.08. The van der Waals surface area contributed by atoms with E-state index in [1.807, 2.05) is 0 Å². The van der Waals surface area contributed by atoms with Crippen molar-refractivity contribution in [1.29, 1.82) is 0 Å². The second-order valence-corrected chi connectivity index (χ2v) is 2.78. The van der Waals surface area contributed by atoms with Crippen molar-refractivity contribution in [2.45, 2.75) is 13.0 Å². The van der Waals surface area contributed by atoms with Crippen molar-refractivity contribution in [2.75, 3.05) is 12.4 Å². The smallest absolute Gasteiger partial charge is 0.253 e. The van der Waals surface area contributed by atoms with E-state index in [1.165, 1.54) is 7.05 Å². The van der Waals surface area contributed by atoms with Crippen LogP contribution in [-0.4, -0.2) is 18.1 Å². The van der Waals surface area contributed by atoms with Gasteiger partial charge < -0.3 is 10.1 Å². The molecule has 0 aromatic carbocycles. The van der Waals surface area contributed by atoms with Crippen molar-refractivity contribution >= 4 is 5.82 Å². The summed E-state index contributed by atoms with van der Waals surface area (Å²) in [7, 11) is 1.47. The summed E-state index contributed by atoms with van der Waals surface area (Å²) in [6.45, 7) is 1.56. The molecule has 0 aliphatic carbocycles. The van der Waals surface area contributed by atoms with Gasteiger partial charge in [-0.1, -0.05) is 5.92 Å². The Kier molecular flexibility index (Phi) is 3.45. The molecule has 1 aromatic rings. The van der Waals surface area contributed by atoms with Gasteiger partial charge in [0.25, 0.3) is 5.88 Å². The lowest BCUT2D eigenvalue weighted by Crippen LogP contribution is -2.12. The Labute approximate surface area is 86.5 Å². The van der Waals surface area contributed by atoms with Crippen LogP contribution in [0.1, 0.15) is 6.92 Å². The highest BCUT2D eigenvalue weighted by atomic mass is 19.1. The van der Waals surface area contributed by atoms with E-state index in [4.69, 9.17) is 11.2 Å². The largest absolute Gasteiger partial charge is 0.459 e. The molecule has 1 aromatic heterocycles. The summed E-state index contributed by atoms with van der Waals surface area (Å²) in [4.78, 5) is 3.60. The van der Waals surface area contributed by atoms with Gasteiger partial charge in [-0.15, -0.1) is 6.42 Å². The minimum atomic E-state index is -0.881. The molecule has 0 fully saturated rings. The normalized spacial score (nSPS) is 11.7. The molecule has 15 heavy (non-hydrogen) atoms. The molecule has 0 radical (unpaired) electrons. The van der Waals surface area contributed by atoms with E-state index in [-0.39, 0.29) is 11.7 Å². The summed E-state index contributed by atoms with van der Waals surface area (Å²) >= 11 is 0. The third-order valence-electron chi connectivity index (χ3n) is 1.66. The number of terminal acetylenes is 1. The van der Waals surface area contributed by atoms with Crippen LogP contribution in [0.5, 0.6) is 5.88 Å². The van der Waals surface area contributed by atoms with Gasteiger partial charge in [-0.2, -0.15) is 4.98 Å². The summed E-state index contributed by atoms with van der Waals surface area (Å²) in [5, 5.41) is 2.47. The molecule has 3 nitrogen and oxygen atoms in total. The molecule has 0 saturated carbocycles. The van der Waals surface area contributed by atoms with E-state index >= 15 is 0 Å². The van der Waals surface area contributed by atoms with Crippen LogP contribution in [0.25, 0.3) is 0 Å². The molecule has 5 heteroatoms. The highest BCUT2D eigenvalue weighted by Crippen LogP contribution is 2.21. The van der Waals surface area contributed by atoms with E-state index in [0.29, 0.717) is 6.07 Å². The average molecular weight is 212 g/mol. The Morgan fingerprint density at radius 2 is 2.20 bits per heavy atom. The van der Waals surface area contributed by atoms with Crippen molar-refractivity contribution in [3.05, 3.63) is 17.7 Å². The van der Waals surface area contributed by atoms with E-state index in [9.17, 15) is 8.78 Å². The minimum absolute atomic E-state index is 0.0874. The molecule has 1 rings (SSSR count). The van der Waals surface area contributed by atoms with E-state index in [0.717, 1.165) is 0 Å². The van der Waals surface area contributed by atoms with Crippen LogP contribution in [0.2, 0.25) is 0 Å². The number of nitrogens with zero attached hydrogens (tertiary/aromatic N) is 1. The van der Waals surface area contributed by atoms with Gasteiger partial charge in [0.2, 0.25) is 0 Å². The van der Waals surface area contributed by atoms with E-state index < -0.39 is 17.7 Å². The molecule has 0 aliphatic heterocycles. The predicted octanol–water partition coefficient (Wildman–Crippen LogP) is 1.80. The first-order valence-corrected chi connectivity index (χ1v) is 4.25. The van der Waals surface area contributed by atoms with Gasteiger partial charge >= 0.3 is 0 Å². The zero-order valence-electron chi connectivity index (χ0n) is 8.34. The van der Waals surface area contributed by atoms with Crippen molar-refractivity contribution in [1.82, 2.24) is 4.98 Å². The Morgan fingerprint density at radius 1 is 1.53 bits per heavy atom. The maximum atomic E-state index is 13.1. The second kappa shape index (κ2) is 4.60. The van der Waals surface area contributed by atoms with Gasteiger partial charge in [-0.3, -0.25) is 0 Å².